The quantitative estimate of drug-likeness (QED) is 0.392. The topological polar surface area (TPSA) is 36.8 Å². The molecule has 1 N–H and O–H groups in total. The number of amidine groups is 1. The second-order valence-electron chi connectivity index (χ2n) is 8.12. The van der Waals surface area contributed by atoms with Gasteiger partial charge >= 0.3 is 0 Å². The number of aliphatic imine (C=N–C) groups is 1. The zero-order valence-corrected chi connectivity index (χ0v) is 23.0. The summed E-state index contributed by atoms with van der Waals surface area (Å²) in [5.41, 5.74) is 5.52. The SMILES string of the molecule is CC.CCCC(CCC)c1cccc(Cl)c1Cl.CCCCC1=NCCCCC/C(C)=N/N1. The van der Waals surface area contributed by atoms with Crippen LogP contribution in [0.2, 0.25) is 10.0 Å². The standard InChI is InChI=1S/C13H18Cl2.C12H23N3.C2H6/c1-3-6-10(7-4-2)11-8-5-9-12(14)13(11)15;1-3-4-9-12-13-10-7-5-6-8-11(2)14-15-12;1-2/h5,8-10H,3-4,6-7H2,1-2H3;3-10H2,1-2H3,(H,13,15);1-2H3/b;14-11+;. The molecule has 0 saturated heterocycles. The molecule has 0 fully saturated rings. The van der Waals surface area contributed by atoms with Crippen molar-refractivity contribution in [3.63, 3.8) is 0 Å². The molecular weight excluding hydrogens is 437 g/mol. The number of hydrazone groups is 1. The molecule has 184 valence electrons. The minimum Gasteiger partial charge on any atom is -0.271 e. The second kappa shape index (κ2) is 20.5. The number of halogens is 2. The van der Waals surface area contributed by atoms with E-state index in [0.29, 0.717) is 10.9 Å². The molecule has 0 saturated carbocycles. The van der Waals surface area contributed by atoms with Crippen LogP contribution in [-0.4, -0.2) is 18.1 Å². The maximum absolute atomic E-state index is 6.23. The van der Waals surface area contributed by atoms with E-state index in [-0.39, 0.29) is 0 Å². The second-order valence-corrected chi connectivity index (χ2v) is 8.90. The maximum Gasteiger partial charge on any atom is 0.117 e. The molecule has 3 nitrogen and oxygen atoms in total. The van der Waals surface area contributed by atoms with E-state index >= 15 is 0 Å². The maximum atomic E-state index is 6.23. The van der Waals surface area contributed by atoms with Crippen molar-refractivity contribution in [2.75, 3.05) is 6.54 Å². The Kier molecular flexibility index (Phi) is 19.9. The van der Waals surface area contributed by atoms with Gasteiger partial charge in [-0.25, -0.2) is 0 Å². The fraction of sp³-hybridized carbons (Fsp3) is 0.704. The Bertz CT molecular complexity index is 650. The van der Waals surface area contributed by atoms with Crippen molar-refractivity contribution in [3.05, 3.63) is 33.8 Å². The van der Waals surface area contributed by atoms with Gasteiger partial charge in [0, 0.05) is 18.7 Å². The molecule has 0 amide bonds. The zero-order chi connectivity index (χ0) is 24.2. The molecule has 0 bridgehead atoms. The van der Waals surface area contributed by atoms with Gasteiger partial charge < -0.3 is 0 Å². The Labute approximate surface area is 208 Å². The van der Waals surface area contributed by atoms with Gasteiger partial charge in [-0.05, 0) is 63.0 Å². The lowest BCUT2D eigenvalue weighted by atomic mass is 9.90. The van der Waals surface area contributed by atoms with Crippen molar-refractivity contribution < 1.29 is 0 Å². The van der Waals surface area contributed by atoms with Gasteiger partial charge in [0.15, 0.2) is 0 Å². The highest BCUT2D eigenvalue weighted by Gasteiger charge is 2.14. The predicted octanol–water partition coefficient (Wildman–Crippen LogP) is 9.82. The van der Waals surface area contributed by atoms with Crippen LogP contribution in [0.25, 0.3) is 0 Å². The van der Waals surface area contributed by atoms with Crippen LogP contribution in [0.1, 0.15) is 124 Å². The van der Waals surface area contributed by atoms with Crippen molar-refractivity contribution in [1.82, 2.24) is 5.43 Å². The van der Waals surface area contributed by atoms with Crippen molar-refractivity contribution in [1.29, 1.82) is 0 Å². The Morgan fingerprint density at radius 3 is 2.28 bits per heavy atom. The molecule has 0 unspecified atom stereocenters. The lowest BCUT2D eigenvalue weighted by Crippen LogP contribution is -2.20. The van der Waals surface area contributed by atoms with Crippen molar-refractivity contribution in [2.45, 2.75) is 118 Å². The van der Waals surface area contributed by atoms with Crippen LogP contribution in [0, 0.1) is 0 Å². The Morgan fingerprint density at radius 1 is 0.969 bits per heavy atom. The van der Waals surface area contributed by atoms with Crippen molar-refractivity contribution in [2.24, 2.45) is 10.1 Å². The molecule has 0 radical (unpaired) electrons. The number of benzene rings is 1. The first-order chi connectivity index (χ1) is 15.5. The fourth-order valence-corrected chi connectivity index (χ4v) is 4.06. The van der Waals surface area contributed by atoms with Crippen LogP contribution in [0.5, 0.6) is 0 Å². The molecular formula is C27H47Cl2N3. The Balaban J connectivity index is 0.000000557. The highest BCUT2D eigenvalue weighted by molar-refractivity contribution is 6.42. The average Bonchev–Trinajstić information content (AvgIpc) is 2.81. The van der Waals surface area contributed by atoms with E-state index in [1.807, 2.05) is 26.0 Å². The normalized spacial score (nSPS) is 15.8. The third-order valence-electron chi connectivity index (χ3n) is 5.34. The van der Waals surface area contributed by atoms with Gasteiger partial charge in [-0.3, -0.25) is 10.4 Å². The van der Waals surface area contributed by atoms with Gasteiger partial charge in [-0.1, -0.05) is 95.6 Å². The smallest absolute Gasteiger partial charge is 0.117 e. The van der Waals surface area contributed by atoms with Gasteiger partial charge in [-0.15, -0.1) is 0 Å². The third-order valence-corrected chi connectivity index (χ3v) is 6.17. The fourth-order valence-electron chi connectivity index (χ4n) is 3.60. The molecule has 5 heteroatoms. The van der Waals surface area contributed by atoms with Gasteiger partial charge in [0.2, 0.25) is 0 Å². The number of nitrogens with zero attached hydrogens (tertiary/aromatic N) is 2. The molecule has 1 heterocycles. The molecule has 1 aliphatic rings. The summed E-state index contributed by atoms with van der Waals surface area (Å²) in [6, 6.07) is 5.94. The van der Waals surface area contributed by atoms with Crippen LogP contribution < -0.4 is 5.43 Å². The highest BCUT2D eigenvalue weighted by atomic mass is 35.5. The number of nitrogens with one attached hydrogen (secondary N) is 1. The van der Waals surface area contributed by atoms with E-state index in [1.54, 1.807) is 0 Å². The first-order valence-corrected chi connectivity index (χ1v) is 13.5. The van der Waals surface area contributed by atoms with E-state index in [1.165, 1.54) is 69.1 Å². The summed E-state index contributed by atoms with van der Waals surface area (Å²) in [5.74, 6) is 1.63. The van der Waals surface area contributed by atoms with Crippen LogP contribution in [-0.2, 0) is 0 Å². The molecule has 2 rings (SSSR count). The van der Waals surface area contributed by atoms with E-state index in [0.717, 1.165) is 30.2 Å². The van der Waals surface area contributed by atoms with Gasteiger partial charge in [0.1, 0.15) is 5.84 Å². The molecule has 0 spiro atoms. The predicted molar refractivity (Wildman–Crippen MR) is 147 cm³/mol. The van der Waals surface area contributed by atoms with Crippen LogP contribution >= 0.6 is 23.2 Å². The third kappa shape index (κ3) is 13.5. The summed E-state index contributed by atoms with van der Waals surface area (Å²) in [6.07, 6.45) is 13.0. The van der Waals surface area contributed by atoms with E-state index in [4.69, 9.17) is 23.2 Å². The van der Waals surface area contributed by atoms with E-state index in [9.17, 15) is 0 Å². The van der Waals surface area contributed by atoms with Crippen LogP contribution in [0.3, 0.4) is 0 Å². The van der Waals surface area contributed by atoms with Crippen molar-refractivity contribution >= 4 is 34.7 Å². The van der Waals surface area contributed by atoms with Crippen LogP contribution in [0.4, 0.5) is 0 Å². The largest absolute Gasteiger partial charge is 0.271 e. The number of rotatable bonds is 8. The summed E-state index contributed by atoms with van der Waals surface area (Å²) in [7, 11) is 0. The Hall–Kier alpha value is -1.06. The minimum atomic E-state index is 0.561. The van der Waals surface area contributed by atoms with Gasteiger partial charge in [-0.2, -0.15) is 5.10 Å². The molecule has 0 aliphatic carbocycles. The molecule has 32 heavy (non-hydrogen) atoms. The number of hydrogen-bond donors (Lipinski definition) is 1. The number of unbranched alkanes of at least 4 members (excludes halogenated alkanes) is 1. The van der Waals surface area contributed by atoms with Gasteiger partial charge in [0.05, 0.1) is 10.0 Å². The monoisotopic (exact) mass is 483 g/mol. The summed E-state index contributed by atoms with van der Waals surface area (Å²) < 4.78 is 0. The highest BCUT2D eigenvalue weighted by Crippen LogP contribution is 2.35. The molecule has 0 aromatic heterocycles. The van der Waals surface area contributed by atoms with E-state index in [2.05, 4.69) is 49.3 Å². The zero-order valence-electron chi connectivity index (χ0n) is 21.4. The van der Waals surface area contributed by atoms with Crippen molar-refractivity contribution in [3.8, 4) is 0 Å². The van der Waals surface area contributed by atoms with Crippen LogP contribution in [0.15, 0.2) is 28.3 Å². The summed E-state index contributed by atoms with van der Waals surface area (Å²) >= 11 is 12.3. The molecule has 1 aromatic carbocycles. The Morgan fingerprint density at radius 2 is 1.66 bits per heavy atom. The average molecular weight is 485 g/mol. The minimum absolute atomic E-state index is 0.561. The van der Waals surface area contributed by atoms with E-state index < -0.39 is 0 Å². The summed E-state index contributed by atoms with van der Waals surface area (Å²) in [4.78, 5) is 4.56. The lowest BCUT2D eigenvalue weighted by Gasteiger charge is -2.17. The van der Waals surface area contributed by atoms with Gasteiger partial charge in [0.25, 0.3) is 0 Å². The number of hydrogen-bond acceptors (Lipinski definition) is 3. The molecule has 1 aromatic rings. The first kappa shape index (κ1) is 30.9. The molecule has 1 aliphatic heterocycles. The lowest BCUT2D eigenvalue weighted by molar-refractivity contribution is 0.561. The summed E-state index contributed by atoms with van der Waals surface area (Å²) in [5, 5.41) is 5.77. The summed E-state index contributed by atoms with van der Waals surface area (Å²) in [6.45, 7) is 13.7. The first-order valence-electron chi connectivity index (χ1n) is 12.8. The molecule has 0 atom stereocenters.